The molecule has 2 rings (SSSR count). The number of ether oxygens (including phenoxy) is 2. The molecule has 0 N–H and O–H groups in total. The van der Waals surface area contributed by atoms with E-state index in [1.807, 2.05) is 6.07 Å². The fourth-order valence-electron chi connectivity index (χ4n) is 4.20. The van der Waals surface area contributed by atoms with E-state index in [1.54, 1.807) is 19.9 Å². The maximum Gasteiger partial charge on any atom is 0.339 e. The van der Waals surface area contributed by atoms with Crippen molar-refractivity contribution in [1.82, 2.24) is 0 Å². The Morgan fingerprint density at radius 1 is 1.15 bits per heavy atom. The zero-order chi connectivity index (χ0) is 20.4. The molecule has 0 saturated heterocycles. The largest absolute Gasteiger partial charge is 0.462 e. The number of hydrogen-bond donors (Lipinski definition) is 0. The van der Waals surface area contributed by atoms with Gasteiger partial charge in [-0.15, -0.1) is 0 Å². The van der Waals surface area contributed by atoms with Gasteiger partial charge in [-0.3, -0.25) is 0 Å². The third-order valence-electron chi connectivity index (χ3n) is 4.76. The number of hydrogen-bond acceptors (Lipinski definition) is 5. The van der Waals surface area contributed by atoms with E-state index in [0.29, 0.717) is 17.5 Å². The van der Waals surface area contributed by atoms with E-state index in [4.69, 9.17) is 13.9 Å². The lowest BCUT2D eigenvalue weighted by Gasteiger charge is -2.45. The molecule has 5 nitrogen and oxygen atoms in total. The van der Waals surface area contributed by atoms with E-state index in [1.165, 1.54) is 0 Å². The molecule has 1 aliphatic rings. The average Bonchev–Trinajstić information content (AvgIpc) is 2.51. The summed E-state index contributed by atoms with van der Waals surface area (Å²) in [6.07, 6.45) is 0.845. The highest BCUT2D eigenvalue weighted by molar-refractivity contribution is 6.71. The summed E-state index contributed by atoms with van der Waals surface area (Å²) in [6.45, 7) is 14.8. The predicted octanol–water partition coefficient (Wildman–Crippen LogP) is 4.62. The minimum absolute atomic E-state index is 0.255. The van der Waals surface area contributed by atoms with Crippen molar-refractivity contribution in [1.29, 1.82) is 0 Å². The van der Waals surface area contributed by atoms with Crippen LogP contribution in [0, 0.1) is 5.92 Å². The molecular weight excluding hydrogens is 360 g/mol. The summed E-state index contributed by atoms with van der Waals surface area (Å²) in [5.41, 5.74) is 2.04. The summed E-state index contributed by atoms with van der Waals surface area (Å²) in [6, 6.07) is 4.28. The van der Waals surface area contributed by atoms with Crippen LogP contribution in [0.5, 0.6) is 0 Å². The third-order valence-corrected chi connectivity index (χ3v) is 6.97. The molecule has 1 unspecified atom stereocenters. The van der Waals surface area contributed by atoms with Crippen LogP contribution in [0.4, 0.5) is 0 Å². The highest BCUT2D eigenvalue weighted by atomic mass is 28.4. The SMILES string of the molecule is CCOC(=O)c1ccc2c(c1C(=O)OCC)C[Si](C)(C)OC2(C)CC(C)C. The topological polar surface area (TPSA) is 61.8 Å². The fourth-order valence-corrected chi connectivity index (χ4v) is 6.90. The number of benzene rings is 1. The Kier molecular flexibility index (Phi) is 6.53. The number of rotatable bonds is 6. The predicted molar refractivity (Wildman–Crippen MR) is 107 cm³/mol. The van der Waals surface area contributed by atoms with Crippen LogP contribution >= 0.6 is 0 Å². The van der Waals surface area contributed by atoms with Crippen molar-refractivity contribution in [3.8, 4) is 0 Å². The van der Waals surface area contributed by atoms with Gasteiger partial charge in [-0.25, -0.2) is 9.59 Å². The van der Waals surface area contributed by atoms with Crippen LogP contribution in [0.1, 0.15) is 72.9 Å². The summed E-state index contributed by atoms with van der Waals surface area (Å²) >= 11 is 0. The van der Waals surface area contributed by atoms with E-state index in [0.717, 1.165) is 17.5 Å². The molecule has 0 amide bonds. The number of carbonyl (C=O) groups excluding carboxylic acids is 2. The maximum absolute atomic E-state index is 12.8. The van der Waals surface area contributed by atoms with E-state index in [-0.39, 0.29) is 18.8 Å². The molecule has 0 radical (unpaired) electrons. The van der Waals surface area contributed by atoms with Gasteiger partial charge in [0.25, 0.3) is 0 Å². The van der Waals surface area contributed by atoms with Gasteiger partial charge in [0, 0.05) is 0 Å². The van der Waals surface area contributed by atoms with E-state index >= 15 is 0 Å². The molecule has 1 aliphatic heterocycles. The first-order valence-electron chi connectivity index (χ1n) is 9.75. The van der Waals surface area contributed by atoms with Crippen LogP contribution in [-0.4, -0.2) is 33.5 Å². The van der Waals surface area contributed by atoms with Crippen LogP contribution in [0.25, 0.3) is 0 Å². The van der Waals surface area contributed by atoms with Crippen molar-refractivity contribution < 1.29 is 23.5 Å². The quantitative estimate of drug-likeness (QED) is 0.522. The Morgan fingerprint density at radius 2 is 1.74 bits per heavy atom. The van der Waals surface area contributed by atoms with Crippen molar-refractivity contribution in [3.63, 3.8) is 0 Å². The summed E-state index contributed by atoms with van der Waals surface area (Å²) < 4.78 is 17.1. The van der Waals surface area contributed by atoms with Crippen molar-refractivity contribution >= 4 is 20.3 Å². The smallest absolute Gasteiger partial charge is 0.339 e. The van der Waals surface area contributed by atoms with E-state index in [9.17, 15) is 9.59 Å². The highest BCUT2D eigenvalue weighted by Gasteiger charge is 2.45. The van der Waals surface area contributed by atoms with Crippen molar-refractivity contribution in [2.45, 2.75) is 65.8 Å². The summed E-state index contributed by atoms with van der Waals surface area (Å²) in [7, 11) is -2.08. The highest BCUT2D eigenvalue weighted by Crippen LogP contribution is 2.44. The Bertz CT molecular complexity index is 726. The van der Waals surface area contributed by atoms with Gasteiger partial charge in [0.1, 0.15) is 0 Å². The van der Waals surface area contributed by atoms with Crippen molar-refractivity contribution in [2.75, 3.05) is 13.2 Å². The van der Waals surface area contributed by atoms with E-state index in [2.05, 4.69) is 33.9 Å². The van der Waals surface area contributed by atoms with E-state index < -0.39 is 25.9 Å². The first-order chi connectivity index (χ1) is 12.5. The molecule has 0 aromatic heterocycles. The first kappa shape index (κ1) is 21.6. The van der Waals surface area contributed by atoms with Gasteiger partial charge in [0.15, 0.2) is 8.32 Å². The van der Waals surface area contributed by atoms with Gasteiger partial charge >= 0.3 is 11.9 Å². The molecule has 0 saturated carbocycles. The van der Waals surface area contributed by atoms with Crippen LogP contribution in [0.3, 0.4) is 0 Å². The minimum atomic E-state index is -2.08. The Morgan fingerprint density at radius 3 is 2.30 bits per heavy atom. The molecule has 1 atom stereocenters. The summed E-state index contributed by atoms with van der Waals surface area (Å²) in [5, 5.41) is 0. The molecule has 27 heavy (non-hydrogen) atoms. The molecule has 0 aliphatic carbocycles. The zero-order valence-corrected chi connectivity index (χ0v) is 18.6. The molecule has 150 valence electrons. The normalized spacial score (nSPS) is 20.9. The molecule has 0 spiro atoms. The van der Waals surface area contributed by atoms with Crippen LogP contribution < -0.4 is 0 Å². The first-order valence-corrected chi connectivity index (χ1v) is 12.9. The van der Waals surface area contributed by atoms with Gasteiger partial charge < -0.3 is 13.9 Å². The van der Waals surface area contributed by atoms with Crippen LogP contribution in [0.15, 0.2) is 12.1 Å². The number of fused-ring (bicyclic) bond motifs is 1. The molecule has 0 fully saturated rings. The van der Waals surface area contributed by atoms with Gasteiger partial charge in [0.05, 0.1) is 29.9 Å². The van der Waals surface area contributed by atoms with Gasteiger partial charge in [-0.05, 0) is 69.4 Å². The Balaban J connectivity index is 2.73. The number of carbonyl (C=O) groups is 2. The van der Waals surface area contributed by atoms with Crippen LogP contribution in [0.2, 0.25) is 13.1 Å². The minimum Gasteiger partial charge on any atom is -0.462 e. The van der Waals surface area contributed by atoms with Crippen molar-refractivity contribution in [3.05, 3.63) is 34.4 Å². The molecule has 0 bridgehead atoms. The lowest BCUT2D eigenvalue weighted by atomic mass is 9.82. The number of esters is 2. The average molecular weight is 393 g/mol. The fraction of sp³-hybridized carbons (Fsp3) is 0.619. The lowest BCUT2D eigenvalue weighted by molar-refractivity contribution is 0.0424. The monoisotopic (exact) mass is 392 g/mol. The second-order valence-electron chi connectivity index (χ2n) is 8.32. The molecule has 1 aromatic rings. The lowest BCUT2D eigenvalue weighted by Crippen LogP contribution is -2.49. The Hall–Kier alpha value is -1.66. The van der Waals surface area contributed by atoms with Crippen LogP contribution in [-0.2, 0) is 25.5 Å². The molecular formula is C21H32O5Si. The standard InChI is InChI=1S/C21H32O5Si/c1-8-24-19(22)15-10-11-17-16(18(15)20(23)25-9-2)13-27(6,7)26-21(17,5)12-14(3)4/h10-11,14H,8-9,12-13H2,1-7H3. The van der Waals surface area contributed by atoms with Crippen molar-refractivity contribution in [2.24, 2.45) is 5.92 Å². The molecule has 6 heteroatoms. The molecule has 1 aromatic carbocycles. The maximum atomic E-state index is 12.8. The zero-order valence-electron chi connectivity index (χ0n) is 17.6. The molecule has 1 heterocycles. The third kappa shape index (κ3) is 4.61. The second-order valence-corrected chi connectivity index (χ2v) is 12.4. The van der Waals surface area contributed by atoms with Gasteiger partial charge in [-0.1, -0.05) is 19.9 Å². The summed E-state index contributed by atoms with van der Waals surface area (Å²) in [5.74, 6) is -0.516. The Labute approximate surface area is 163 Å². The van der Waals surface area contributed by atoms with Gasteiger partial charge in [-0.2, -0.15) is 0 Å². The van der Waals surface area contributed by atoms with Gasteiger partial charge in [0.2, 0.25) is 0 Å². The second kappa shape index (κ2) is 8.15. The summed E-state index contributed by atoms with van der Waals surface area (Å²) in [4.78, 5) is 25.3.